The molecule has 4 rings (SSSR count). The molecule has 2 amide bonds. The fourth-order valence-corrected chi connectivity index (χ4v) is 3.75. The van der Waals surface area contributed by atoms with E-state index < -0.39 is 11.9 Å². The SMILES string of the molecule is COC(=O)c1ccc(C(=O)NCc2cccnc2)cc1NC(=O)/C=C(/C)c1ccc2ccccc2c1. The van der Waals surface area contributed by atoms with Crippen LogP contribution in [-0.4, -0.2) is 29.9 Å². The minimum Gasteiger partial charge on any atom is -0.465 e. The van der Waals surface area contributed by atoms with Crippen LogP contribution in [0.25, 0.3) is 16.3 Å². The number of hydrogen-bond donors (Lipinski definition) is 2. The van der Waals surface area contributed by atoms with Gasteiger partial charge in [0.15, 0.2) is 0 Å². The Kier molecular flexibility index (Phi) is 7.51. The molecule has 36 heavy (non-hydrogen) atoms. The molecule has 0 bridgehead atoms. The van der Waals surface area contributed by atoms with E-state index in [1.807, 2.05) is 55.5 Å². The molecular weight excluding hydrogens is 454 g/mol. The molecular formula is C29H25N3O4. The number of carbonyl (C=O) groups excluding carboxylic acids is 3. The van der Waals surface area contributed by atoms with Crippen molar-refractivity contribution in [3.05, 3.63) is 114 Å². The molecule has 0 saturated heterocycles. The van der Waals surface area contributed by atoms with E-state index in [4.69, 9.17) is 4.74 Å². The van der Waals surface area contributed by atoms with Crippen molar-refractivity contribution in [1.29, 1.82) is 0 Å². The highest BCUT2D eigenvalue weighted by Gasteiger charge is 2.17. The van der Waals surface area contributed by atoms with Gasteiger partial charge in [0.05, 0.1) is 18.4 Å². The van der Waals surface area contributed by atoms with Crippen molar-refractivity contribution in [2.24, 2.45) is 0 Å². The molecule has 7 nitrogen and oxygen atoms in total. The molecule has 4 aromatic rings. The maximum Gasteiger partial charge on any atom is 0.339 e. The summed E-state index contributed by atoms with van der Waals surface area (Å²) >= 11 is 0. The highest BCUT2D eigenvalue weighted by molar-refractivity contribution is 6.09. The minimum atomic E-state index is -0.622. The molecule has 7 heteroatoms. The highest BCUT2D eigenvalue weighted by atomic mass is 16.5. The maximum atomic E-state index is 12.9. The molecule has 2 N–H and O–H groups in total. The lowest BCUT2D eigenvalue weighted by Gasteiger charge is -2.12. The van der Waals surface area contributed by atoms with Crippen molar-refractivity contribution in [3.63, 3.8) is 0 Å². The molecule has 3 aromatic carbocycles. The van der Waals surface area contributed by atoms with E-state index in [2.05, 4.69) is 15.6 Å². The Labute approximate surface area is 208 Å². The van der Waals surface area contributed by atoms with Gasteiger partial charge in [-0.15, -0.1) is 0 Å². The number of amides is 2. The molecule has 0 aliphatic heterocycles. The standard InChI is InChI=1S/C29H25N3O4/c1-19(22-10-9-21-7-3-4-8-23(21)15-22)14-27(33)32-26-16-24(11-12-25(26)29(35)36-2)28(34)31-18-20-6-5-13-30-17-20/h3-17H,18H2,1-2H3,(H,31,34)(H,32,33)/b19-14-. The van der Waals surface area contributed by atoms with Crippen molar-refractivity contribution >= 4 is 39.8 Å². The molecule has 0 fully saturated rings. The normalized spacial score (nSPS) is 11.1. The van der Waals surface area contributed by atoms with E-state index >= 15 is 0 Å². The summed E-state index contributed by atoms with van der Waals surface area (Å²) in [6.07, 6.45) is 4.78. The summed E-state index contributed by atoms with van der Waals surface area (Å²) in [5.41, 5.74) is 3.12. The van der Waals surface area contributed by atoms with Gasteiger partial charge in [-0.1, -0.05) is 42.5 Å². The summed E-state index contributed by atoms with van der Waals surface area (Å²) in [4.78, 5) is 41.9. The number of methoxy groups -OCH3 is 1. The quantitative estimate of drug-likeness (QED) is 0.287. The Morgan fingerprint density at radius 3 is 2.44 bits per heavy atom. The largest absolute Gasteiger partial charge is 0.465 e. The second kappa shape index (κ2) is 11.1. The van der Waals surface area contributed by atoms with Gasteiger partial charge in [-0.05, 0) is 64.7 Å². The first-order chi connectivity index (χ1) is 17.4. The van der Waals surface area contributed by atoms with Crippen LogP contribution in [0, 0.1) is 0 Å². The van der Waals surface area contributed by atoms with Crippen LogP contribution in [0.1, 0.15) is 38.8 Å². The second-order valence-electron chi connectivity index (χ2n) is 8.17. The van der Waals surface area contributed by atoms with Crippen LogP contribution < -0.4 is 10.6 Å². The third kappa shape index (κ3) is 5.82. The van der Waals surface area contributed by atoms with Crippen LogP contribution in [0.3, 0.4) is 0 Å². The summed E-state index contributed by atoms with van der Waals surface area (Å²) in [7, 11) is 1.26. The summed E-state index contributed by atoms with van der Waals surface area (Å²) in [6.45, 7) is 2.13. The number of ether oxygens (including phenoxy) is 1. The third-order valence-electron chi connectivity index (χ3n) is 5.67. The Bertz CT molecular complexity index is 1460. The predicted molar refractivity (Wildman–Crippen MR) is 139 cm³/mol. The first kappa shape index (κ1) is 24.3. The van der Waals surface area contributed by atoms with Gasteiger partial charge in [0.2, 0.25) is 5.91 Å². The third-order valence-corrected chi connectivity index (χ3v) is 5.67. The van der Waals surface area contributed by atoms with Crippen LogP contribution in [0.4, 0.5) is 5.69 Å². The Morgan fingerprint density at radius 2 is 1.69 bits per heavy atom. The lowest BCUT2D eigenvalue weighted by Crippen LogP contribution is -2.23. The molecule has 0 aliphatic carbocycles. The fraction of sp³-hybridized carbons (Fsp3) is 0.103. The van der Waals surface area contributed by atoms with Crippen LogP contribution in [0.2, 0.25) is 0 Å². The molecule has 0 unspecified atom stereocenters. The summed E-state index contributed by atoms with van der Waals surface area (Å²) in [5.74, 6) is -1.41. The average Bonchev–Trinajstić information content (AvgIpc) is 2.91. The number of aromatic nitrogens is 1. The number of hydrogen-bond acceptors (Lipinski definition) is 5. The fourth-order valence-electron chi connectivity index (χ4n) is 3.75. The van der Waals surface area contributed by atoms with Crippen LogP contribution in [0.15, 0.2) is 91.3 Å². The molecule has 0 spiro atoms. The molecule has 0 aliphatic rings. The van der Waals surface area contributed by atoms with Crippen LogP contribution in [-0.2, 0) is 16.1 Å². The van der Waals surface area contributed by atoms with Crippen molar-refractivity contribution in [2.45, 2.75) is 13.5 Å². The number of nitrogens with one attached hydrogen (secondary N) is 2. The van der Waals surface area contributed by atoms with Crippen LogP contribution in [0.5, 0.6) is 0 Å². The second-order valence-corrected chi connectivity index (χ2v) is 8.17. The topological polar surface area (TPSA) is 97.4 Å². The van der Waals surface area contributed by atoms with Crippen molar-refractivity contribution < 1.29 is 19.1 Å². The van der Waals surface area contributed by atoms with Gasteiger partial charge in [-0.3, -0.25) is 14.6 Å². The summed E-state index contributed by atoms with van der Waals surface area (Å²) < 4.78 is 4.84. The Balaban J connectivity index is 1.54. The molecule has 1 aromatic heterocycles. The van der Waals surface area contributed by atoms with E-state index in [0.717, 1.165) is 27.5 Å². The zero-order chi connectivity index (χ0) is 25.5. The first-order valence-corrected chi connectivity index (χ1v) is 11.3. The zero-order valence-corrected chi connectivity index (χ0v) is 19.9. The number of pyridine rings is 1. The lowest BCUT2D eigenvalue weighted by atomic mass is 10.0. The van der Waals surface area contributed by atoms with E-state index in [1.54, 1.807) is 18.5 Å². The number of allylic oxidation sites excluding steroid dienone is 1. The molecule has 0 radical (unpaired) electrons. The predicted octanol–water partition coefficient (Wildman–Crippen LogP) is 4.99. The van der Waals surface area contributed by atoms with Gasteiger partial charge >= 0.3 is 5.97 Å². The average molecular weight is 480 g/mol. The Hall–Kier alpha value is -4.78. The molecule has 180 valence electrons. The monoisotopic (exact) mass is 479 g/mol. The van der Waals surface area contributed by atoms with Gasteiger partial charge < -0.3 is 15.4 Å². The number of anilines is 1. The number of fused-ring (bicyclic) bond motifs is 1. The van der Waals surface area contributed by atoms with Crippen molar-refractivity contribution in [3.8, 4) is 0 Å². The maximum absolute atomic E-state index is 12.9. The highest BCUT2D eigenvalue weighted by Crippen LogP contribution is 2.23. The number of esters is 1. The van der Waals surface area contributed by atoms with Gasteiger partial charge in [0.25, 0.3) is 5.91 Å². The van der Waals surface area contributed by atoms with E-state index in [-0.39, 0.29) is 22.7 Å². The first-order valence-electron chi connectivity index (χ1n) is 11.3. The van der Waals surface area contributed by atoms with Gasteiger partial charge in [-0.2, -0.15) is 0 Å². The number of rotatable bonds is 7. The van der Waals surface area contributed by atoms with Crippen molar-refractivity contribution in [1.82, 2.24) is 10.3 Å². The Morgan fingerprint density at radius 1 is 0.917 bits per heavy atom. The van der Waals surface area contributed by atoms with E-state index in [9.17, 15) is 14.4 Å². The van der Waals surface area contributed by atoms with E-state index in [0.29, 0.717) is 6.54 Å². The lowest BCUT2D eigenvalue weighted by molar-refractivity contribution is -0.111. The molecule has 1 heterocycles. The van der Waals surface area contributed by atoms with Gasteiger partial charge in [0.1, 0.15) is 0 Å². The smallest absolute Gasteiger partial charge is 0.339 e. The zero-order valence-electron chi connectivity index (χ0n) is 19.9. The summed E-state index contributed by atoms with van der Waals surface area (Å²) in [5, 5.41) is 7.71. The minimum absolute atomic E-state index is 0.145. The molecule has 0 saturated carbocycles. The number of benzene rings is 3. The number of carbonyl (C=O) groups is 3. The molecule has 0 atom stereocenters. The van der Waals surface area contributed by atoms with E-state index in [1.165, 1.54) is 31.4 Å². The summed E-state index contributed by atoms with van der Waals surface area (Å²) in [6, 6.07) is 22.0. The van der Waals surface area contributed by atoms with Gasteiger partial charge in [-0.25, -0.2) is 4.79 Å². The number of nitrogens with zero attached hydrogens (tertiary/aromatic N) is 1. The van der Waals surface area contributed by atoms with Gasteiger partial charge in [0, 0.05) is 30.6 Å². The van der Waals surface area contributed by atoms with Crippen LogP contribution >= 0.6 is 0 Å². The van der Waals surface area contributed by atoms with Crippen molar-refractivity contribution in [2.75, 3.05) is 12.4 Å².